The lowest BCUT2D eigenvalue weighted by Crippen LogP contribution is -2.37. The first-order chi connectivity index (χ1) is 7.41. The van der Waals surface area contributed by atoms with Gasteiger partial charge >= 0.3 is 0 Å². The van der Waals surface area contributed by atoms with Crippen LogP contribution >= 0.6 is 0 Å². The molecule has 3 heteroatoms. The lowest BCUT2D eigenvalue weighted by molar-refractivity contribution is -0.118. The van der Waals surface area contributed by atoms with Crippen LogP contribution < -0.4 is 10.6 Å². The summed E-state index contributed by atoms with van der Waals surface area (Å²) in [4.78, 5) is 10.7. The van der Waals surface area contributed by atoms with Crippen molar-refractivity contribution in [3.8, 4) is 0 Å². The molecule has 0 aliphatic heterocycles. The zero-order valence-corrected chi connectivity index (χ0v) is 11.5. The van der Waals surface area contributed by atoms with Crippen molar-refractivity contribution in [3.63, 3.8) is 0 Å². The van der Waals surface area contributed by atoms with Crippen LogP contribution in [0.4, 0.5) is 0 Å². The second-order valence-corrected chi connectivity index (χ2v) is 5.39. The van der Waals surface area contributed by atoms with Crippen molar-refractivity contribution in [2.24, 2.45) is 11.8 Å². The van der Waals surface area contributed by atoms with Crippen molar-refractivity contribution in [2.45, 2.75) is 53.5 Å². The Bertz CT molecular complexity index is 180. The quantitative estimate of drug-likeness (QED) is 0.625. The van der Waals surface area contributed by atoms with E-state index in [0.717, 1.165) is 24.9 Å². The van der Waals surface area contributed by atoms with Crippen LogP contribution in [0.3, 0.4) is 0 Å². The topological polar surface area (TPSA) is 41.1 Å². The Morgan fingerprint density at radius 1 is 1.00 bits per heavy atom. The van der Waals surface area contributed by atoms with Gasteiger partial charge in [0.1, 0.15) is 0 Å². The lowest BCUT2D eigenvalue weighted by Gasteiger charge is -2.22. The van der Waals surface area contributed by atoms with Crippen LogP contribution in [0.5, 0.6) is 0 Å². The van der Waals surface area contributed by atoms with Gasteiger partial charge in [0.25, 0.3) is 0 Å². The molecule has 0 radical (unpaired) electrons. The highest BCUT2D eigenvalue weighted by atomic mass is 16.1. The van der Waals surface area contributed by atoms with Crippen molar-refractivity contribution in [3.05, 3.63) is 0 Å². The minimum absolute atomic E-state index is 0.0473. The molecular weight excluding hydrogens is 200 g/mol. The van der Waals surface area contributed by atoms with Crippen LogP contribution in [0.15, 0.2) is 0 Å². The van der Waals surface area contributed by atoms with E-state index in [2.05, 4.69) is 38.3 Å². The molecule has 96 valence electrons. The summed E-state index contributed by atoms with van der Waals surface area (Å²) in [5.74, 6) is 1.49. The molecule has 0 aromatic heterocycles. The van der Waals surface area contributed by atoms with Gasteiger partial charge in [0.15, 0.2) is 0 Å². The maximum Gasteiger partial charge on any atom is 0.216 e. The highest BCUT2D eigenvalue weighted by molar-refractivity contribution is 5.72. The van der Waals surface area contributed by atoms with Gasteiger partial charge in [0.05, 0.1) is 0 Å². The molecule has 0 unspecified atom stereocenters. The molecule has 0 aliphatic carbocycles. The van der Waals surface area contributed by atoms with Crippen molar-refractivity contribution in [1.82, 2.24) is 10.6 Å². The monoisotopic (exact) mass is 228 g/mol. The summed E-state index contributed by atoms with van der Waals surface area (Å²) in [6.07, 6.45) is 2.41. The normalized spacial score (nSPS) is 11.5. The largest absolute Gasteiger partial charge is 0.355 e. The van der Waals surface area contributed by atoms with Crippen LogP contribution in [0.1, 0.15) is 47.5 Å². The lowest BCUT2D eigenvalue weighted by atomic mass is 9.96. The minimum Gasteiger partial charge on any atom is -0.355 e. The number of nitrogens with one attached hydrogen (secondary N) is 2. The molecule has 3 nitrogen and oxygen atoms in total. The summed E-state index contributed by atoms with van der Waals surface area (Å²) >= 11 is 0. The highest BCUT2D eigenvalue weighted by Gasteiger charge is 2.11. The zero-order chi connectivity index (χ0) is 12.6. The Morgan fingerprint density at radius 2 is 1.50 bits per heavy atom. The van der Waals surface area contributed by atoms with E-state index in [-0.39, 0.29) is 5.91 Å². The highest BCUT2D eigenvalue weighted by Crippen LogP contribution is 2.12. The Labute approximate surface area is 100 Å². The first kappa shape index (κ1) is 15.4. The van der Waals surface area contributed by atoms with Crippen LogP contribution in [0, 0.1) is 11.8 Å². The summed E-state index contributed by atoms with van der Waals surface area (Å²) in [6.45, 7) is 12.2. The van der Waals surface area contributed by atoms with E-state index < -0.39 is 0 Å². The second kappa shape index (κ2) is 8.57. The molecule has 16 heavy (non-hydrogen) atoms. The van der Waals surface area contributed by atoms with Gasteiger partial charge in [-0.25, -0.2) is 0 Å². The maximum atomic E-state index is 10.7. The van der Waals surface area contributed by atoms with E-state index in [9.17, 15) is 4.79 Å². The second-order valence-electron chi connectivity index (χ2n) is 5.39. The molecule has 0 aliphatic rings. The van der Waals surface area contributed by atoms with Gasteiger partial charge in [0, 0.05) is 26.1 Å². The van der Waals surface area contributed by atoms with E-state index in [1.54, 1.807) is 6.92 Å². The Hall–Kier alpha value is -0.570. The molecule has 1 amide bonds. The Kier molecular flexibility index (Phi) is 8.26. The fraction of sp³-hybridized carbons (Fsp3) is 0.923. The predicted octanol–water partition coefficient (Wildman–Crippen LogP) is 2.17. The number of carbonyl (C=O) groups excluding carboxylic acids is 1. The molecule has 0 bridgehead atoms. The molecule has 0 heterocycles. The van der Waals surface area contributed by atoms with Gasteiger partial charge in [-0.15, -0.1) is 0 Å². The third-order valence-electron chi connectivity index (χ3n) is 2.44. The molecular formula is C13H28N2O. The summed E-state index contributed by atoms with van der Waals surface area (Å²) in [7, 11) is 0. The molecule has 2 N–H and O–H groups in total. The molecule has 0 aromatic rings. The number of amides is 1. The van der Waals surface area contributed by atoms with Crippen LogP contribution in [0.2, 0.25) is 0 Å². The van der Waals surface area contributed by atoms with E-state index in [1.165, 1.54) is 12.8 Å². The van der Waals surface area contributed by atoms with Crippen molar-refractivity contribution in [2.75, 3.05) is 13.1 Å². The molecule has 0 aromatic carbocycles. The molecule has 0 spiro atoms. The fourth-order valence-corrected chi connectivity index (χ4v) is 1.92. The number of carbonyl (C=O) groups is 1. The molecule has 0 saturated carbocycles. The van der Waals surface area contributed by atoms with Gasteiger partial charge in [-0.1, -0.05) is 27.7 Å². The van der Waals surface area contributed by atoms with Crippen molar-refractivity contribution < 1.29 is 4.79 Å². The number of hydrogen-bond donors (Lipinski definition) is 2. The average Bonchev–Trinajstić information content (AvgIpc) is 2.09. The summed E-state index contributed by atoms with van der Waals surface area (Å²) < 4.78 is 0. The van der Waals surface area contributed by atoms with Gasteiger partial charge in [-0.3, -0.25) is 4.79 Å². The average molecular weight is 228 g/mol. The summed E-state index contributed by atoms with van der Waals surface area (Å²) in [5, 5.41) is 6.33. The van der Waals surface area contributed by atoms with Crippen LogP contribution in [-0.4, -0.2) is 25.0 Å². The maximum absolute atomic E-state index is 10.7. The van der Waals surface area contributed by atoms with Crippen LogP contribution in [0.25, 0.3) is 0 Å². The van der Waals surface area contributed by atoms with Gasteiger partial charge in [0.2, 0.25) is 5.91 Å². The molecule has 0 fully saturated rings. The smallest absolute Gasteiger partial charge is 0.216 e. The van der Waals surface area contributed by atoms with Crippen LogP contribution in [-0.2, 0) is 4.79 Å². The van der Waals surface area contributed by atoms with E-state index >= 15 is 0 Å². The van der Waals surface area contributed by atoms with E-state index in [1.807, 2.05) is 0 Å². The molecule has 0 rings (SSSR count). The first-order valence-corrected chi connectivity index (χ1v) is 6.39. The van der Waals surface area contributed by atoms with Gasteiger partial charge < -0.3 is 10.6 Å². The van der Waals surface area contributed by atoms with E-state index in [0.29, 0.717) is 6.04 Å². The third kappa shape index (κ3) is 9.97. The SMILES string of the molecule is CC(=O)NCCNC(CC(C)C)CC(C)C. The summed E-state index contributed by atoms with van der Waals surface area (Å²) in [6, 6.07) is 0.578. The summed E-state index contributed by atoms with van der Waals surface area (Å²) in [5.41, 5.74) is 0. The first-order valence-electron chi connectivity index (χ1n) is 6.39. The predicted molar refractivity (Wildman–Crippen MR) is 69.4 cm³/mol. The standard InChI is InChI=1S/C13H28N2O/c1-10(2)8-13(9-11(3)4)15-7-6-14-12(5)16/h10-11,13,15H,6-9H2,1-5H3,(H,14,16). The van der Waals surface area contributed by atoms with Gasteiger partial charge in [-0.05, 0) is 24.7 Å². The Balaban J connectivity index is 3.77. The van der Waals surface area contributed by atoms with Crippen molar-refractivity contribution in [1.29, 1.82) is 0 Å². The van der Waals surface area contributed by atoms with Crippen molar-refractivity contribution >= 4 is 5.91 Å². The zero-order valence-electron chi connectivity index (χ0n) is 11.5. The third-order valence-corrected chi connectivity index (χ3v) is 2.44. The van der Waals surface area contributed by atoms with Gasteiger partial charge in [-0.2, -0.15) is 0 Å². The molecule has 0 saturated heterocycles. The number of rotatable bonds is 8. The molecule has 0 atom stereocenters. The Morgan fingerprint density at radius 3 is 1.88 bits per heavy atom. The fourth-order valence-electron chi connectivity index (χ4n) is 1.92. The van der Waals surface area contributed by atoms with E-state index in [4.69, 9.17) is 0 Å². The minimum atomic E-state index is 0.0473. The number of hydrogen-bond acceptors (Lipinski definition) is 2.